The summed E-state index contributed by atoms with van der Waals surface area (Å²) >= 11 is 0. The van der Waals surface area contributed by atoms with Crippen LogP contribution < -0.4 is 10.6 Å². The number of hydrogen-bond donors (Lipinski definition) is 2. The van der Waals surface area contributed by atoms with Crippen molar-refractivity contribution in [2.75, 3.05) is 13.1 Å². The van der Waals surface area contributed by atoms with E-state index in [9.17, 15) is 18.4 Å². The number of fused-ring (bicyclic) bond motifs is 1. The summed E-state index contributed by atoms with van der Waals surface area (Å²) in [5.41, 5.74) is 1.94. The molecule has 33 heavy (non-hydrogen) atoms. The number of imidazole rings is 1. The molecule has 0 bridgehead atoms. The molecular formula is C22H30F2N6O3. The second-order valence-corrected chi connectivity index (χ2v) is 8.93. The number of carbonyl (C=O) groups excluding carboxylic acids is 2. The van der Waals surface area contributed by atoms with E-state index in [1.807, 2.05) is 13.0 Å². The van der Waals surface area contributed by atoms with Crippen molar-refractivity contribution in [3.8, 4) is 0 Å². The van der Waals surface area contributed by atoms with Crippen LogP contribution in [0.5, 0.6) is 0 Å². The van der Waals surface area contributed by atoms with E-state index in [-0.39, 0.29) is 43.7 Å². The topological polar surface area (TPSA) is 101 Å². The maximum absolute atomic E-state index is 13.8. The molecule has 4 rings (SSSR count). The molecule has 11 heteroatoms. The highest BCUT2D eigenvalue weighted by atomic mass is 19.3. The quantitative estimate of drug-likeness (QED) is 0.652. The highest BCUT2D eigenvalue weighted by molar-refractivity contribution is 5.76. The first-order chi connectivity index (χ1) is 15.7. The first kappa shape index (κ1) is 23.2. The Bertz CT molecular complexity index is 1000. The number of amides is 3. The monoisotopic (exact) mass is 464 g/mol. The molecule has 3 amide bonds. The van der Waals surface area contributed by atoms with E-state index in [0.29, 0.717) is 37.4 Å². The maximum Gasteiger partial charge on any atom is 0.407 e. The zero-order valence-corrected chi connectivity index (χ0v) is 18.9. The number of aromatic nitrogens is 3. The fraction of sp³-hybridized carbons (Fsp3) is 0.636. The Labute approximate surface area is 190 Å². The molecule has 0 radical (unpaired) electrons. The summed E-state index contributed by atoms with van der Waals surface area (Å²) in [4.78, 5) is 30.7. The van der Waals surface area contributed by atoms with Crippen LogP contribution in [0.2, 0.25) is 0 Å². The number of ether oxygens (including phenoxy) is 1. The fourth-order valence-corrected chi connectivity index (χ4v) is 4.31. The first-order valence-corrected chi connectivity index (χ1v) is 11.5. The third-order valence-electron chi connectivity index (χ3n) is 6.42. The summed E-state index contributed by atoms with van der Waals surface area (Å²) in [6.07, 6.45) is 3.33. The van der Waals surface area contributed by atoms with Crippen LogP contribution in [0.1, 0.15) is 63.3 Å². The van der Waals surface area contributed by atoms with E-state index in [1.54, 1.807) is 28.7 Å². The molecule has 2 unspecified atom stereocenters. The van der Waals surface area contributed by atoms with Crippen molar-refractivity contribution >= 4 is 17.8 Å². The molecule has 0 spiro atoms. The van der Waals surface area contributed by atoms with Crippen molar-refractivity contribution in [1.82, 2.24) is 30.1 Å². The highest BCUT2D eigenvalue weighted by Crippen LogP contribution is 2.41. The number of alkyl halides is 2. The predicted molar refractivity (Wildman–Crippen MR) is 116 cm³/mol. The fourth-order valence-electron chi connectivity index (χ4n) is 4.31. The van der Waals surface area contributed by atoms with Crippen molar-refractivity contribution in [1.29, 1.82) is 0 Å². The summed E-state index contributed by atoms with van der Waals surface area (Å²) in [6, 6.07) is 1.16. The Morgan fingerprint density at radius 2 is 2.15 bits per heavy atom. The molecule has 3 heterocycles. The van der Waals surface area contributed by atoms with Crippen molar-refractivity contribution in [3.63, 3.8) is 0 Å². The summed E-state index contributed by atoms with van der Waals surface area (Å²) in [5.74, 6) is -2.86. The van der Waals surface area contributed by atoms with E-state index < -0.39 is 18.1 Å². The number of nitrogens with one attached hydrogen (secondary N) is 2. The highest BCUT2D eigenvalue weighted by Gasteiger charge is 2.39. The smallest absolute Gasteiger partial charge is 0.407 e. The van der Waals surface area contributed by atoms with Crippen molar-refractivity contribution in [2.24, 2.45) is 5.92 Å². The zero-order chi connectivity index (χ0) is 23.6. The summed E-state index contributed by atoms with van der Waals surface area (Å²) in [6.45, 7) is 5.36. The molecule has 2 N–H and O–H groups in total. The van der Waals surface area contributed by atoms with Gasteiger partial charge in [-0.3, -0.25) is 0 Å². The molecule has 1 aliphatic carbocycles. The van der Waals surface area contributed by atoms with E-state index >= 15 is 0 Å². The normalized spacial score (nSPS) is 20.5. The van der Waals surface area contributed by atoms with Gasteiger partial charge in [0.2, 0.25) is 5.92 Å². The Morgan fingerprint density at radius 1 is 1.39 bits per heavy atom. The van der Waals surface area contributed by atoms with Gasteiger partial charge in [-0.2, -0.15) is 5.10 Å². The Balaban J connectivity index is 1.56. The van der Waals surface area contributed by atoms with Gasteiger partial charge in [0, 0.05) is 32.5 Å². The number of hydrogen-bond acceptors (Lipinski definition) is 5. The number of rotatable bonds is 7. The molecule has 1 aliphatic heterocycles. The molecule has 2 aromatic heterocycles. The van der Waals surface area contributed by atoms with Gasteiger partial charge in [0.25, 0.3) is 0 Å². The van der Waals surface area contributed by atoms with Crippen LogP contribution in [0.4, 0.5) is 18.4 Å². The second-order valence-electron chi connectivity index (χ2n) is 8.93. The van der Waals surface area contributed by atoms with Crippen molar-refractivity contribution < 1.29 is 23.1 Å². The van der Waals surface area contributed by atoms with Crippen molar-refractivity contribution in [2.45, 2.75) is 70.6 Å². The van der Waals surface area contributed by atoms with Gasteiger partial charge in [-0.25, -0.2) is 27.9 Å². The standard InChI is InChI=1S/C22H30F2N6O3/c1-3-14(2)33-21(32)28-19(16-4-6-22(23,24)7-5-16)17-13-30-18(27-17)10-15(11-26-30)12-29-9-8-25-20(29)31/h10-11,13-14,16,19H,3-9,12H2,1-2H3,(H,25,31)(H,28,32). The van der Waals surface area contributed by atoms with Crippen molar-refractivity contribution in [3.05, 3.63) is 29.7 Å². The predicted octanol–water partition coefficient (Wildman–Crippen LogP) is 3.65. The van der Waals surface area contributed by atoms with Crippen LogP contribution in [0.3, 0.4) is 0 Å². The number of nitrogens with zero attached hydrogens (tertiary/aromatic N) is 4. The van der Waals surface area contributed by atoms with Gasteiger partial charge in [-0.05, 0) is 43.7 Å². The zero-order valence-electron chi connectivity index (χ0n) is 18.9. The van der Waals surface area contributed by atoms with Crippen LogP contribution >= 0.6 is 0 Å². The maximum atomic E-state index is 13.8. The average Bonchev–Trinajstić information content (AvgIpc) is 3.38. The second kappa shape index (κ2) is 9.48. The molecule has 2 aliphatic rings. The Hall–Kier alpha value is -2.98. The number of urea groups is 1. The van der Waals surface area contributed by atoms with Gasteiger partial charge in [0.1, 0.15) is 6.10 Å². The summed E-state index contributed by atoms with van der Waals surface area (Å²) in [7, 11) is 0. The molecule has 1 saturated carbocycles. The third-order valence-corrected chi connectivity index (χ3v) is 6.42. The SMILES string of the molecule is CCC(C)OC(=O)NC(c1cn2ncc(CN3CCNC3=O)cc2n1)C1CCC(F)(F)CC1. The molecule has 9 nitrogen and oxygen atoms in total. The number of carbonyl (C=O) groups is 2. The molecule has 1 saturated heterocycles. The van der Waals surface area contributed by atoms with Crippen LogP contribution in [-0.2, 0) is 11.3 Å². The largest absolute Gasteiger partial charge is 0.447 e. The minimum atomic E-state index is -2.67. The molecule has 0 aromatic carbocycles. The van der Waals surface area contributed by atoms with E-state index in [4.69, 9.17) is 4.74 Å². The molecule has 2 fully saturated rings. The lowest BCUT2D eigenvalue weighted by Crippen LogP contribution is -2.38. The van der Waals surface area contributed by atoms with Gasteiger partial charge in [-0.1, -0.05) is 6.92 Å². The van der Waals surface area contributed by atoms with Crippen LogP contribution in [-0.4, -0.2) is 56.7 Å². The van der Waals surface area contributed by atoms with Gasteiger partial charge < -0.3 is 20.3 Å². The lowest BCUT2D eigenvalue weighted by molar-refractivity contribution is -0.0498. The van der Waals surface area contributed by atoms with E-state index in [1.165, 1.54) is 0 Å². The first-order valence-electron chi connectivity index (χ1n) is 11.5. The van der Waals surface area contributed by atoms with E-state index in [2.05, 4.69) is 20.7 Å². The Kier molecular flexibility index (Phi) is 6.66. The number of halogens is 2. The average molecular weight is 465 g/mol. The van der Waals surface area contributed by atoms with Crippen LogP contribution in [0.15, 0.2) is 18.5 Å². The van der Waals surface area contributed by atoms with Gasteiger partial charge in [-0.15, -0.1) is 0 Å². The van der Waals surface area contributed by atoms with Gasteiger partial charge >= 0.3 is 12.1 Å². The van der Waals surface area contributed by atoms with Crippen LogP contribution in [0, 0.1) is 5.92 Å². The van der Waals surface area contributed by atoms with Crippen LogP contribution in [0.25, 0.3) is 5.65 Å². The third kappa shape index (κ3) is 5.51. The van der Waals surface area contributed by atoms with Gasteiger partial charge in [0.05, 0.1) is 24.1 Å². The molecule has 2 atom stereocenters. The lowest BCUT2D eigenvalue weighted by Gasteiger charge is -2.33. The minimum Gasteiger partial charge on any atom is -0.447 e. The molecule has 180 valence electrons. The summed E-state index contributed by atoms with van der Waals surface area (Å²) in [5, 5.41) is 10.0. The molecule has 2 aromatic rings. The van der Waals surface area contributed by atoms with Gasteiger partial charge in [0.15, 0.2) is 5.65 Å². The minimum absolute atomic E-state index is 0.114. The molecular weight excluding hydrogens is 434 g/mol. The number of alkyl carbamates (subject to hydrolysis) is 1. The van der Waals surface area contributed by atoms with E-state index in [0.717, 1.165) is 5.56 Å². The Morgan fingerprint density at radius 3 is 2.82 bits per heavy atom. The lowest BCUT2D eigenvalue weighted by atomic mass is 9.81. The summed E-state index contributed by atoms with van der Waals surface area (Å²) < 4.78 is 34.5.